The topological polar surface area (TPSA) is 37.4 Å². The number of nitrogens with zero attached hydrogens (tertiary/aromatic N) is 1. The normalized spacial score (nSPS) is 13.6. The third-order valence-corrected chi connectivity index (χ3v) is 2.87. The van der Waals surface area contributed by atoms with E-state index < -0.39 is 0 Å². The van der Waals surface area contributed by atoms with E-state index in [1.165, 1.54) is 11.8 Å². The van der Waals surface area contributed by atoms with Crippen LogP contribution in [0.2, 0.25) is 0 Å². The summed E-state index contributed by atoms with van der Waals surface area (Å²) in [5.41, 5.74) is 1.31. The smallest absolute Gasteiger partial charge is 0.265 e. The van der Waals surface area contributed by atoms with Gasteiger partial charge in [0.1, 0.15) is 0 Å². The van der Waals surface area contributed by atoms with Gasteiger partial charge in [0.15, 0.2) is 0 Å². The summed E-state index contributed by atoms with van der Waals surface area (Å²) in [4.78, 5) is 24.7. The summed E-state index contributed by atoms with van der Waals surface area (Å²) in [5, 5.41) is 1.87. The van der Waals surface area contributed by atoms with Gasteiger partial charge < -0.3 is 0 Å². The molecule has 0 saturated heterocycles. The first-order valence-corrected chi connectivity index (χ1v) is 5.07. The Morgan fingerprint density at radius 1 is 1.12 bits per heavy atom. The van der Waals surface area contributed by atoms with E-state index in [9.17, 15) is 9.59 Å². The first-order valence-electron chi connectivity index (χ1n) is 5.07. The molecule has 3 nitrogen and oxygen atoms in total. The largest absolute Gasteiger partial charge is 0.274 e. The molecule has 0 N–H and O–H groups in total. The monoisotopic (exact) mass is 211 g/mol. The highest BCUT2D eigenvalue weighted by Crippen LogP contribution is 2.36. The van der Waals surface area contributed by atoms with Crippen LogP contribution in [-0.2, 0) is 4.79 Å². The number of imide groups is 1. The number of rotatable bonds is 0. The fraction of sp³-hybridized carbons (Fsp3) is 0.0769. The molecule has 0 radical (unpaired) electrons. The van der Waals surface area contributed by atoms with Crippen molar-refractivity contribution < 1.29 is 9.59 Å². The van der Waals surface area contributed by atoms with Crippen LogP contribution in [0, 0.1) is 0 Å². The Morgan fingerprint density at radius 3 is 2.50 bits per heavy atom. The van der Waals surface area contributed by atoms with Crippen molar-refractivity contribution in [2.45, 2.75) is 6.92 Å². The van der Waals surface area contributed by atoms with Gasteiger partial charge in [0.25, 0.3) is 5.91 Å². The molecule has 16 heavy (non-hydrogen) atoms. The summed E-state index contributed by atoms with van der Waals surface area (Å²) in [6.07, 6.45) is 0. The van der Waals surface area contributed by atoms with Crippen molar-refractivity contribution in [2.75, 3.05) is 4.90 Å². The Bertz CT molecular complexity index is 626. The molecule has 0 aliphatic carbocycles. The second-order valence-electron chi connectivity index (χ2n) is 3.84. The van der Waals surface area contributed by atoms with Crippen LogP contribution in [0.4, 0.5) is 5.69 Å². The Hall–Kier alpha value is -2.16. The molecule has 3 rings (SSSR count). The van der Waals surface area contributed by atoms with Crippen molar-refractivity contribution >= 4 is 28.3 Å². The van der Waals surface area contributed by atoms with E-state index in [0.29, 0.717) is 11.3 Å². The zero-order valence-electron chi connectivity index (χ0n) is 8.73. The lowest BCUT2D eigenvalue weighted by Crippen LogP contribution is -2.31. The molecular weight excluding hydrogens is 202 g/mol. The molecule has 3 heteroatoms. The van der Waals surface area contributed by atoms with E-state index in [1.807, 2.05) is 24.3 Å². The van der Waals surface area contributed by atoms with Gasteiger partial charge in [-0.2, -0.15) is 0 Å². The van der Waals surface area contributed by atoms with Gasteiger partial charge in [-0.15, -0.1) is 0 Å². The summed E-state index contributed by atoms with van der Waals surface area (Å²) in [7, 11) is 0. The van der Waals surface area contributed by atoms with Gasteiger partial charge in [-0.25, -0.2) is 4.90 Å². The average Bonchev–Trinajstić information content (AvgIpc) is 2.55. The van der Waals surface area contributed by atoms with Crippen molar-refractivity contribution in [3.05, 3.63) is 42.0 Å². The van der Waals surface area contributed by atoms with Gasteiger partial charge >= 0.3 is 0 Å². The maximum absolute atomic E-state index is 12.0. The van der Waals surface area contributed by atoms with Crippen molar-refractivity contribution in [3.63, 3.8) is 0 Å². The molecule has 0 fully saturated rings. The van der Waals surface area contributed by atoms with E-state index in [1.54, 1.807) is 12.1 Å². The van der Waals surface area contributed by atoms with Crippen molar-refractivity contribution in [1.82, 2.24) is 0 Å². The molecule has 0 bridgehead atoms. The molecule has 0 saturated carbocycles. The molecule has 0 unspecified atom stereocenters. The summed E-state index contributed by atoms with van der Waals surface area (Å²) < 4.78 is 0. The SMILES string of the molecule is CC(=O)N1C(=O)c2cccc3cccc1c23. The minimum absolute atomic E-state index is 0.223. The molecular formula is C13H9NO2. The van der Waals surface area contributed by atoms with E-state index in [0.717, 1.165) is 10.8 Å². The first-order chi connectivity index (χ1) is 7.70. The predicted octanol–water partition coefficient (Wildman–Crippen LogP) is 2.35. The summed E-state index contributed by atoms with van der Waals surface area (Å²) >= 11 is 0. The molecule has 1 aliphatic heterocycles. The van der Waals surface area contributed by atoms with E-state index in [2.05, 4.69) is 0 Å². The van der Waals surface area contributed by atoms with Crippen LogP contribution in [0.3, 0.4) is 0 Å². The Labute approximate surface area is 92.3 Å². The van der Waals surface area contributed by atoms with Crippen LogP contribution in [0.5, 0.6) is 0 Å². The van der Waals surface area contributed by atoms with Gasteiger partial charge in [0.2, 0.25) is 5.91 Å². The zero-order valence-corrected chi connectivity index (χ0v) is 8.73. The predicted molar refractivity (Wildman–Crippen MR) is 61.4 cm³/mol. The fourth-order valence-electron chi connectivity index (χ4n) is 2.23. The van der Waals surface area contributed by atoms with Gasteiger partial charge in [-0.05, 0) is 17.5 Å². The minimum Gasteiger partial charge on any atom is -0.274 e. The van der Waals surface area contributed by atoms with Crippen LogP contribution >= 0.6 is 0 Å². The molecule has 78 valence electrons. The highest BCUT2D eigenvalue weighted by atomic mass is 16.2. The van der Waals surface area contributed by atoms with Crippen LogP contribution in [0.25, 0.3) is 10.8 Å². The van der Waals surface area contributed by atoms with Crippen LogP contribution < -0.4 is 4.90 Å². The lowest BCUT2D eigenvalue weighted by Gasteiger charge is -2.12. The summed E-state index contributed by atoms with van der Waals surface area (Å²) in [5.74, 6) is -0.465. The van der Waals surface area contributed by atoms with Gasteiger partial charge in [0, 0.05) is 12.3 Å². The third-order valence-electron chi connectivity index (χ3n) is 2.87. The molecule has 0 atom stereocenters. The third kappa shape index (κ3) is 0.972. The van der Waals surface area contributed by atoms with Crippen LogP contribution in [0.1, 0.15) is 17.3 Å². The number of hydrogen-bond donors (Lipinski definition) is 0. The van der Waals surface area contributed by atoms with Crippen LogP contribution in [-0.4, -0.2) is 11.8 Å². The fourth-order valence-corrected chi connectivity index (χ4v) is 2.23. The minimum atomic E-state index is -0.242. The molecule has 2 aromatic rings. The van der Waals surface area contributed by atoms with Crippen LogP contribution in [0.15, 0.2) is 36.4 Å². The second-order valence-corrected chi connectivity index (χ2v) is 3.84. The van der Waals surface area contributed by atoms with Gasteiger partial charge in [-0.1, -0.05) is 24.3 Å². The molecule has 2 aromatic carbocycles. The molecule has 2 amide bonds. The highest BCUT2D eigenvalue weighted by molar-refractivity contribution is 6.33. The second kappa shape index (κ2) is 2.92. The highest BCUT2D eigenvalue weighted by Gasteiger charge is 2.31. The lowest BCUT2D eigenvalue weighted by molar-refractivity contribution is -0.115. The van der Waals surface area contributed by atoms with Crippen molar-refractivity contribution in [2.24, 2.45) is 0 Å². The maximum Gasteiger partial charge on any atom is 0.265 e. The Morgan fingerprint density at radius 2 is 1.81 bits per heavy atom. The molecule has 0 spiro atoms. The average molecular weight is 211 g/mol. The molecule has 1 heterocycles. The molecule has 1 aliphatic rings. The maximum atomic E-state index is 12.0. The standard InChI is InChI=1S/C13H9NO2/c1-8(15)14-11-7-3-5-9-4-2-6-10(12(9)11)13(14)16/h2-7H,1H3. The number of hydrogen-bond acceptors (Lipinski definition) is 2. The summed E-state index contributed by atoms with van der Waals surface area (Å²) in [6.45, 7) is 1.41. The van der Waals surface area contributed by atoms with E-state index in [-0.39, 0.29) is 11.8 Å². The van der Waals surface area contributed by atoms with Crippen molar-refractivity contribution in [1.29, 1.82) is 0 Å². The first kappa shape index (κ1) is 9.09. The van der Waals surface area contributed by atoms with Gasteiger partial charge in [0.05, 0.1) is 11.3 Å². The number of amides is 2. The van der Waals surface area contributed by atoms with E-state index in [4.69, 9.17) is 0 Å². The number of anilines is 1. The number of benzene rings is 2. The Kier molecular flexibility index (Phi) is 1.66. The lowest BCUT2D eigenvalue weighted by atomic mass is 10.1. The number of carbonyl (C=O) groups is 2. The summed E-state index contributed by atoms with van der Waals surface area (Å²) in [6, 6.07) is 11.1. The van der Waals surface area contributed by atoms with E-state index >= 15 is 0 Å². The number of carbonyl (C=O) groups excluding carboxylic acids is 2. The Balaban J connectivity index is 2.44. The quantitative estimate of drug-likeness (QED) is 0.670. The van der Waals surface area contributed by atoms with Crippen molar-refractivity contribution in [3.8, 4) is 0 Å². The van der Waals surface area contributed by atoms with Gasteiger partial charge in [-0.3, -0.25) is 9.59 Å². The zero-order chi connectivity index (χ0) is 11.3. The molecule has 0 aromatic heterocycles.